The number of H-pyrrole nitrogens is 2. The number of nitrogen functional groups attached to an aromatic ring is 1. The van der Waals surface area contributed by atoms with Gasteiger partial charge in [-0.15, -0.1) is 22.7 Å². The molecule has 0 aliphatic heterocycles. The van der Waals surface area contributed by atoms with Crippen LogP contribution in [-0.2, 0) is 0 Å². The van der Waals surface area contributed by atoms with Crippen LogP contribution in [0.3, 0.4) is 0 Å². The van der Waals surface area contributed by atoms with Crippen molar-refractivity contribution in [2.24, 2.45) is 5.73 Å². The van der Waals surface area contributed by atoms with Gasteiger partial charge in [0.1, 0.15) is 30.7 Å². The van der Waals surface area contributed by atoms with Gasteiger partial charge in [-0.1, -0.05) is 0 Å². The molecule has 50 heavy (non-hydrogen) atoms. The number of hydrogen-bond donors (Lipinski definition) is 4. The Morgan fingerprint density at radius 3 is 1.68 bits per heavy atom. The third-order valence-corrected chi connectivity index (χ3v) is 9.56. The number of benzene rings is 2. The zero-order chi connectivity index (χ0) is 35.9. The summed E-state index contributed by atoms with van der Waals surface area (Å²) in [5, 5.41) is 1.40. The van der Waals surface area contributed by atoms with E-state index < -0.39 is 17.2 Å². The number of aromatic nitrogens is 6. The summed E-state index contributed by atoms with van der Waals surface area (Å²) < 4.78 is 11.7. The second-order valence-electron chi connectivity index (χ2n) is 11.9. The van der Waals surface area contributed by atoms with Gasteiger partial charge in [-0.2, -0.15) is 0 Å². The molecule has 5 aromatic heterocycles. The summed E-state index contributed by atoms with van der Waals surface area (Å²) in [6, 6.07) is 15.2. The van der Waals surface area contributed by atoms with E-state index in [0.29, 0.717) is 58.6 Å². The molecule has 5 heterocycles. The van der Waals surface area contributed by atoms with Gasteiger partial charge >= 0.3 is 5.69 Å². The molecule has 0 aliphatic rings. The summed E-state index contributed by atoms with van der Waals surface area (Å²) in [5.74, 6) is 2.17. The number of ether oxygens (including phenoxy) is 2. The fourth-order valence-corrected chi connectivity index (χ4v) is 7.37. The first kappa shape index (κ1) is 34.2. The summed E-state index contributed by atoms with van der Waals surface area (Å²) in [5.41, 5.74) is 14.4. The van der Waals surface area contributed by atoms with Gasteiger partial charge in [0, 0.05) is 11.1 Å². The molecule has 2 aromatic carbocycles. The van der Waals surface area contributed by atoms with Gasteiger partial charge in [-0.25, -0.2) is 24.7 Å². The van der Waals surface area contributed by atoms with E-state index in [1.54, 1.807) is 0 Å². The number of fused-ring (bicyclic) bond motifs is 4. The molecule has 1 amide bonds. The van der Waals surface area contributed by atoms with E-state index in [-0.39, 0.29) is 12.2 Å². The lowest BCUT2D eigenvalue weighted by Gasteiger charge is -2.10. The van der Waals surface area contributed by atoms with Crippen molar-refractivity contribution in [1.29, 1.82) is 0 Å². The maximum Gasteiger partial charge on any atom is 0.326 e. The van der Waals surface area contributed by atoms with Crippen molar-refractivity contribution in [2.45, 2.75) is 53.8 Å². The fraction of sp³-hybridized carbons (Fsp3) is 0.229. The lowest BCUT2D eigenvalue weighted by Crippen LogP contribution is -2.20. The highest BCUT2D eigenvalue weighted by Crippen LogP contribution is 2.35. The van der Waals surface area contributed by atoms with Crippen LogP contribution in [0.15, 0.2) is 58.1 Å². The van der Waals surface area contributed by atoms with Gasteiger partial charge in [0.25, 0.3) is 11.5 Å². The van der Waals surface area contributed by atoms with E-state index in [1.165, 1.54) is 22.7 Å². The van der Waals surface area contributed by atoms with Gasteiger partial charge in [0.2, 0.25) is 0 Å². The molecular formula is C35H34N8O5S2. The molecule has 0 saturated carbocycles. The molecule has 6 N–H and O–H groups in total. The average molecular weight is 711 g/mol. The van der Waals surface area contributed by atoms with Crippen LogP contribution in [0.25, 0.3) is 53.4 Å². The summed E-state index contributed by atoms with van der Waals surface area (Å²) in [6.45, 7) is 11.6. The first-order chi connectivity index (χ1) is 23.8. The third kappa shape index (κ3) is 6.91. The molecule has 0 aliphatic carbocycles. The van der Waals surface area contributed by atoms with Crippen molar-refractivity contribution in [3.8, 4) is 34.3 Å². The quantitative estimate of drug-likeness (QED) is 0.149. The molecule has 0 unspecified atom stereocenters. The number of rotatable bonds is 7. The number of carbonyl (C=O) groups excluding carboxylic acids is 1. The van der Waals surface area contributed by atoms with Crippen LogP contribution in [-0.4, -0.2) is 48.0 Å². The predicted octanol–water partition coefficient (Wildman–Crippen LogP) is 6.12. The molecule has 0 fully saturated rings. The fourth-order valence-electron chi connectivity index (χ4n) is 5.30. The number of aromatic amines is 2. The minimum Gasteiger partial charge on any atom is -0.491 e. The van der Waals surface area contributed by atoms with Crippen LogP contribution in [0.1, 0.15) is 48.8 Å². The molecule has 0 atom stereocenters. The van der Waals surface area contributed by atoms with Crippen LogP contribution in [0.4, 0.5) is 5.69 Å². The van der Waals surface area contributed by atoms with Crippen LogP contribution in [0.2, 0.25) is 0 Å². The topological polar surface area (TPSA) is 205 Å². The van der Waals surface area contributed by atoms with Crippen molar-refractivity contribution in [3.05, 3.63) is 85.6 Å². The number of nitrogens with one attached hydrogen (secondary N) is 2. The van der Waals surface area contributed by atoms with E-state index in [2.05, 4.69) is 29.9 Å². The number of primary amides is 1. The lowest BCUT2D eigenvalue weighted by atomic mass is 10.2. The summed E-state index contributed by atoms with van der Waals surface area (Å²) in [4.78, 5) is 59.9. The first-order valence-corrected chi connectivity index (χ1v) is 17.3. The maximum absolute atomic E-state index is 12.0. The van der Waals surface area contributed by atoms with Crippen LogP contribution in [0, 0.1) is 13.8 Å². The number of nitrogens with zero attached hydrogens (tertiary/aromatic N) is 4. The molecule has 256 valence electrons. The Morgan fingerprint density at radius 1 is 0.720 bits per heavy atom. The average Bonchev–Trinajstić information content (AvgIpc) is 3.60. The number of anilines is 1. The molecule has 0 saturated heterocycles. The zero-order valence-corrected chi connectivity index (χ0v) is 29.7. The van der Waals surface area contributed by atoms with E-state index in [1.807, 2.05) is 90.1 Å². The Morgan fingerprint density at radius 2 is 1.20 bits per heavy atom. The molecule has 7 aromatic rings. The zero-order valence-electron chi connectivity index (χ0n) is 28.1. The molecule has 13 nitrogen and oxygen atoms in total. The van der Waals surface area contributed by atoms with Crippen molar-refractivity contribution < 1.29 is 14.3 Å². The largest absolute Gasteiger partial charge is 0.491 e. The van der Waals surface area contributed by atoms with Gasteiger partial charge in [-0.3, -0.25) is 14.6 Å². The standard InChI is InChI=1S/C18H16N4O3S.C17H18N4O2S/c1-8(2)25-11-6-4-10(5-7-11)15-19-9(3)12-13-14(26-17(12)21-15)16(23)22-18(24)20-13;1-8(2)23-11-6-4-10(5-7-11)16-20-9(3)12-13(18)14(15(19)22)24-17(12)21-16/h4-8H,1-3H3,(H2,20,22,23,24);4-8H,18H2,1-3H3,(H2,19,22). The molecule has 7 rings (SSSR count). The minimum atomic E-state index is -0.549. The monoisotopic (exact) mass is 710 g/mol. The second-order valence-corrected chi connectivity index (χ2v) is 13.9. The SMILES string of the molecule is Cc1nc(-c2ccc(OC(C)C)cc2)nc2sc(C(N)=O)c(N)c12.Cc1nc(-c2ccc(OC(C)C)cc2)nc2sc3c(=O)[nH]c(=O)[nH]c3c12. The Hall–Kier alpha value is -5.67. The molecule has 0 radical (unpaired) electrons. The molecule has 0 spiro atoms. The predicted molar refractivity (Wildman–Crippen MR) is 198 cm³/mol. The van der Waals surface area contributed by atoms with Crippen molar-refractivity contribution >= 4 is 64.9 Å². The summed E-state index contributed by atoms with van der Waals surface area (Å²) in [6.07, 6.45) is 0.224. The number of hydrogen-bond acceptors (Lipinski definition) is 12. The Kier molecular flexibility index (Phi) is 9.36. The Bertz CT molecular complexity index is 2500. The van der Waals surface area contributed by atoms with Crippen LogP contribution >= 0.6 is 22.7 Å². The summed E-state index contributed by atoms with van der Waals surface area (Å²) >= 11 is 2.43. The number of amides is 1. The third-order valence-electron chi connectivity index (χ3n) is 7.37. The highest BCUT2D eigenvalue weighted by Gasteiger charge is 2.19. The second kappa shape index (κ2) is 13.7. The van der Waals surface area contributed by atoms with Gasteiger partial charge in [0.15, 0.2) is 11.6 Å². The molecule has 15 heteroatoms. The lowest BCUT2D eigenvalue weighted by molar-refractivity contribution is 0.100. The van der Waals surface area contributed by atoms with E-state index in [0.717, 1.165) is 28.3 Å². The highest BCUT2D eigenvalue weighted by molar-refractivity contribution is 7.25. The maximum atomic E-state index is 12.0. The number of carbonyl (C=O) groups is 1. The van der Waals surface area contributed by atoms with E-state index >= 15 is 0 Å². The number of nitrogens with two attached hydrogens (primary N) is 2. The highest BCUT2D eigenvalue weighted by atomic mass is 32.1. The molecule has 0 bridgehead atoms. The van der Waals surface area contributed by atoms with E-state index in [4.69, 9.17) is 20.9 Å². The summed E-state index contributed by atoms with van der Waals surface area (Å²) in [7, 11) is 0. The van der Waals surface area contributed by atoms with Gasteiger partial charge in [-0.05, 0) is 90.1 Å². The van der Waals surface area contributed by atoms with E-state index in [9.17, 15) is 14.4 Å². The van der Waals surface area contributed by atoms with Gasteiger partial charge < -0.3 is 25.9 Å². The van der Waals surface area contributed by atoms with Crippen molar-refractivity contribution in [2.75, 3.05) is 5.73 Å². The van der Waals surface area contributed by atoms with Crippen LogP contribution < -0.4 is 32.2 Å². The molecular weight excluding hydrogens is 677 g/mol. The van der Waals surface area contributed by atoms with Crippen LogP contribution in [0.5, 0.6) is 11.5 Å². The minimum absolute atomic E-state index is 0.106. The van der Waals surface area contributed by atoms with Gasteiger partial charge in [0.05, 0.1) is 45.6 Å². The smallest absolute Gasteiger partial charge is 0.326 e. The van der Waals surface area contributed by atoms with Crippen molar-refractivity contribution in [3.63, 3.8) is 0 Å². The number of thiophene rings is 2. The Balaban J connectivity index is 0.000000174. The normalized spacial score (nSPS) is 11.4. The Labute approximate surface area is 293 Å². The van der Waals surface area contributed by atoms with Crippen molar-refractivity contribution in [1.82, 2.24) is 29.9 Å². The first-order valence-electron chi connectivity index (χ1n) is 15.6. The number of aryl methyl sites for hydroxylation is 2.